The third-order valence-electron chi connectivity index (χ3n) is 7.03. The molecule has 0 amide bonds. The first-order chi connectivity index (χ1) is 18.5. The number of halogens is 1. The third-order valence-corrected chi connectivity index (χ3v) is 8.64. The number of esters is 1. The number of carbonyl (C=O) groups excluding carboxylic acids is 1. The predicted molar refractivity (Wildman–Crippen MR) is 149 cm³/mol. The second kappa shape index (κ2) is 9.64. The lowest BCUT2D eigenvalue weighted by Gasteiger charge is -2.23. The quantitative estimate of drug-likeness (QED) is 0.226. The Labute approximate surface area is 226 Å². The van der Waals surface area contributed by atoms with Crippen molar-refractivity contribution in [1.29, 1.82) is 0 Å². The molecule has 0 saturated carbocycles. The fraction of sp³-hybridized carbons (Fsp3) is 0.267. The van der Waals surface area contributed by atoms with Gasteiger partial charge in [-0.15, -0.1) is 0 Å². The largest absolute Gasteiger partial charge is 0.469 e. The highest BCUT2D eigenvalue weighted by atomic mass is 32.2. The summed E-state index contributed by atoms with van der Waals surface area (Å²) in [6, 6.07) is 18.1. The Bertz CT molecular complexity index is 1800. The van der Waals surface area contributed by atoms with Gasteiger partial charge in [-0.3, -0.25) is 4.79 Å². The number of benzene rings is 3. The molecule has 7 nitrogen and oxygen atoms in total. The molecule has 3 aromatic carbocycles. The van der Waals surface area contributed by atoms with Crippen LogP contribution in [0.15, 0.2) is 77.8 Å². The molecule has 39 heavy (non-hydrogen) atoms. The van der Waals surface area contributed by atoms with Crippen LogP contribution in [-0.4, -0.2) is 35.2 Å². The second-order valence-corrected chi connectivity index (χ2v) is 12.4. The molecule has 0 atom stereocenters. The molecule has 0 fully saturated rings. The van der Waals surface area contributed by atoms with Crippen molar-refractivity contribution in [3.8, 4) is 5.69 Å². The first-order valence-electron chi connectivity index (χ1n) is 12.7. The SMILES string of the molecule is COC(=O)C(C)(C)Cc1c(C(C)C)n(-c2ccc(F)cc2)c2cc3cnn(S(=O)(=O)c4ccccc4)c3cc12. The highest BCUT2D eigenvalue weighted by Gasteiger charge is 2.33. The summed E-state index contributed by atoms with van der Waals surface area (Å²) in [6.45, 7) is 7.77. The molecule has 0 aliphatic rings. The van der Waals surface area contributed by atoms with Crippen molar-refractivity contribution in [3.05, 3.63) is 90.0 Å². The van der Waals surface area contributed by atoms with Gasteiger partial charge >= 0.3 is 5.97 Å². The minimum Gasteiger partial charge on any atom is -0.469 e. The Balaban J connectivity index is 1.86. The first-order valence-corrected chi connectivity index (χ1v) is 14.1. The molecule has 0 aliphatic heterocycles. The smallest absolute Gasteiger partial charge is 0.311 e. The van der Waals surface area contributed by atoms with Gasteiger partial charge < -0.3 is 9.30 Å². The molecule has 9 heteroatoms. The van der Waals surface area contributed by atoms with Gasteiger partial charge in [0, 0.05) is 22.2 Å². The number of fused-ring (bicyclic) bond motifs is 2. The fourth-order valence-corrected chi connectivity index (χ4v) is 6.49. The Morgan fingerprint density at radius 2 is 1.69 bits per heavy atom. The van der Waals surface area contributed by atoms with E-state index in [1.807, 2.05) is 26.0 Å². The van der Waals surface area contributed by atoms with Gasteiger partial charge in [0.15, 0.2) is 0 Å². The molecule has 2 aromatic heterocycles. The maximum Gasteiger partial charge on any atom is 0.311 e. The molecule has 0 N–H and O–H groups in total. The molecule has 0 spiro atoms. The molecule has 0 unspecified atom stereocenters. The lowest BCUT2D eigenvalue weighted by atomic mass is 9.83. The van der Waals surface area contributed by atoms with E-state index < -0.39 is 15.4 Å². The summed E-state index contributed by atoms with van der Waals surface area (Å²) >= 11 is 0. The maximum absolute atomic E-state index is 13.9. The molecule has 5 rings (SSSR count). The van der Waals surface area contributed by atoms with Gasteiger partial charge in [-0.1, -0.05) is 32.0 Å². The van der Waals surface area contributed by atoms with Gasteiger partial charge in [0.25, 0.3) is 10.0 Å². The molecular weight excluding hydrogens is 517 g/mol. The van der Waals surface area contributed by atoms with E-state index in [2.05, 4.69) is 23.5 Å². The number of nitrogens with zero attached hydrogens (tertiary/aromatic N) is 3. The van der Waals surface area contributed by atoms with Crippen molar-refractivity contribution in [2.24, 2.45) is 5.41 Å². The van der Waals surface area contributed by atoms with Crippen LogP contribution in [0.3, 0.4) is 0 Å². The van der Waals surface area contributed by atoms with Gasteiger partial charge in [-0.05, 0) is 80.3 Å². The standard InChI is InChI=1S/C30H30FN3O4S/c1-19(2)28-25(17-30(3,4)29(35)38-5)24-16-26-20(15-27(24)33(28)22-13-11-21(31)12-14-22)18-32-34(26)39(36,37)23-9-7-6-8-10-23/h6-16,18-19H,17H2,1-5H3. The average Bonchev–Trinajstić information content (AvgIpc) is 3.47. The number of hydrogen-bond donors (Lipinski definition) is 0. The molecule has 0 saturated heterocycles. The van der Waals surface area contributed by atoms with Crippen molar-refractivity contribution in [3.63, 3.8) is 0 Å². The summed E-state index contributed by atoms with van der Waals surface area (Å²) in [5, 5.41) is 5.68. The molecule has 5 aromatic rings. The summed E-state index contributed by atoms with van der Waals surface area (Å²) in [6.07, 6.45) is 1.88. The second-order valence-electron chi connectivity index (χ2n) is 10.6. The van der Waals surface area contributed by atoms with Crippen molar-refractivity contribution >= 4 is 37.8 Å². The van der Waals surface area contributed by atoms with Gasteiger partial charge in [0.05, 0.1) is 34.7 Å². The number of hydrogen-bond acceptors (Lipinski definition) is 5. The lowest BCUT2D eigenvalue weighted by Crippen LogP contribution is -2.28. The zero-order valence-corrected chi connectivity index (χ0v) is 23.3. The Morgan fingerprint density at radius 1 is 1.03 bits per heavy atom. The van der Waals surface area contributed by atoms with E-state index in [4.69, 9.17) is 4.74 Å². The van der Waals surface area contributed by atoms with Crippen molar-refractivity contribution in [1.82, 2.24) is 13.8 Å². The van der Waals surface area contributed by atoms with E-state index >= 15 is 0 Å². The molecule has 202 valence electrons. The van der Waals surface area contributed by atoms with Crippen molar-refractivity contribution < 1.29 is 22.3 Å². The predicted octanol–water partition coefficient (Wildman–Crippen LogP) is 6.22. The van der Waals surface area contributed by atoms with Crippen molar-refractivity contribution in [2.45, 2.75) is 44.9 Å². The number of ether oxygens (including phenoxy) is 1. The van der Waals surface area contributed by atoms with Crippen molar-refractivity contribution in [2.75, 3.05) is 7.11 Å². The average molecular weight is 548 g/mol. The lowest BCUT2D eigenvalue weighted by molar-refractivity contribution is -0.150. The summed E-state index contributed by atoms with van der Waals surface area (Å²) in [5.74, 6) is -0.667. The van der Waals surface area contributed by atoms with Crippen LogP contribution in [0.1, 0.15) is 44.9 Å². The van der Waals surface area contributed by atoms with E-state index in [1.165, 1.54) is 37.6 Å². The Hall–Kier alpha value is -3.98. The van der Waals surface area contributed by atoms with Gasteiger partial charge in [0.2, 0.25) is 0 Å². The van der Waals surface area contributed by atoms with E-state index in [0.29, 0.717) is 17.3 Å². The minimum atomic E-state index is -3.95. The number of methoxy groups -OCH3 is 1. The number of rotatable bonds is 7. The molecule has 0 bridgehead atoms. The van der Waals surface area contributed by atoms with E-state index in [0.717, 1.165) is 31.9 Å². The van der Waals surface area contributed by atoms with E-state index in [9.17, 15) is 17.6 Å². The summed E-state index contributed by atoms with van der Waals surface area (Å²) in [5.41, 5.74) is 2.99. The number of carbonyl (C=O) groups is 1. The zero-order valence-electron chi connectivity index (χ0n) is 22.5. The highest BCUT2D eigenvalue weighted by molar-refractivity contribution is 7.90. The van der Waals surface area contributed by atoms with Gasteiger partial charge in [-0.2, -0.15) is 17.6 Å². The van der Waals surface area contributed by atoms with Gasteiger partial charge in [-0.25, -0.2) is 4.39 Å². The fourth-order valence-electron chi connectivity index (χ4n) is 5.20. The molecule has 2 heterocycles. The first kappa shape index (κ1) is 26.6. The van der Waals surface area contributed by atoms with Crippen LogP contribution in [0.2, 0.25) is 0 Å². The topological polar surface area (TPSA) is 83.2 Å². The Morgan fingerprint density at radius 3 is 2.31 bits per heavy atom. The summed E-state index contributed by atoms with van der Waals surface area (Å²) in [7, 11) is -2.58. The van der Waals surface area contributed by atoms with Gasteiger partial charge in [0.1, 0.15) is 5.82 Å². The highest BCUT2D eigenvalue weighted by Crippen LogP contribution is 2.40. The third kappa shape index (κ3) is 4.50. The van der Waals surface area contributed by atoms with E-state index in [1.54, 1.807) is 30.3 Å². The molecular formula is C30H30FN3O4S. The minimum absolute atomic E-state index is 0.0264. The van der Waals surface area contributed by atoms with E-state index in [-0.39, 0.29) is 22.6 Å². The summed E-state index contributed by atoms with van der Waals surface area (Å²) in [4.78, 5) is 12.9. The molecule has 0 aliphatic carbocycles. The Kier molecular flexibility index (Phi) is 6.58. The zero-order chi connectivity index (χ0) is 28.1. The monoisotopic (exact) mass is 547 g/mol. The normalized spacial score (nSPS) is 12.5. The maximum atomic E-state index is 13.9. The molecule has 0 radical (unpaired) electrons. The number of aromatic nitrogens is 3. The summed E-state index contributed by atoms with van der Waals surface area (Å²) < 4.78 is 49.1. The van der Waals surface area contributed by atoms with Crippen LogP contribution >= 0.6 is 0 Å². The van der Waals surface area contributed by atoms with Crippen LogP contribution in [0.25, 0.3) is 27.5 Å². The van der Waals surface area contributed by atoms with Crippen LogP contribution in [0.4, 0.5) is 4.39 Å². The van der Waals surface area contributed by atoms with Crippen LogP contribution in [0.5, 0.6) is 0 Å². The van der Waals surface area contributed by atoms with Crippen LogP contribution in [-0.2, 0) is 26.0 Å². The van der Waals surface area contributed by atoms with Crippen LogP contribution < -0.4 is 0 Å². The van der Waals surface area contributed by atoms with Crippen LogP contribution in [0, 0.1) is 11.2 Å².